The zero-order valence-electron chi connectivity index (χ0n) is 14.5. The zero-order valence-corrected chi connectivity index (χ0v) is 14.5. The summed E-state index contributed by atoms with van der Waals surface area (Å²) in [5.41, 5.74) is 0. The van der Waals surface area contributed by atoms with Crippen LogP contribution in [0.5, 0.6) is 0 Å². The number of hydrogen-bond donors (Lipinski definition) is 2. The number of rotatable bonds is 4. The lowest BCUT2D eigenvalue weighted by Crippen LogP contribution is -2.38. The molecule has 0 spiro atoms. The fourth-order valence-electron chi connectivity index (χ4n) is 4.52. The van der Waals surface area contributed by atoms with Crippen LogP contribution in [-0.2, 0) is 19.5 Å². The van der Waals surface area contributed by atoms with Crippen molar-refractivity contribution in [3.63, 3.8) is 0 Å². The molecule has 2 atom stereocenters. The zero-order chi connectivity index (χ0) is 16.4. The summed E-state index contributed by atoms with van der Waals surface area (Å²) in [6, 6.07) is 0.341. The van der Waals surface area contributed by atoms with Crippen molar-refractivity contribution in [1.82, 2.24) is 25.4 Å². The first kappa shape index (κ1) is 15.9. The summed E-state index contributed by atoms with van der Waals surface area (Å²) in [6.07, 6.45) is 12.6. The van der Waals surface area contributed by atoms with Crippen LogP contribution in [0, 0.1) is 11.8 Å². The third-order valence-electron chi connectivity index (χ3n) is 6.00. The molecule has 24 heavy (non-hydrogen) atoms. The summed E-state index contributed by atoms with van der Waals surface area (Å²) in [7, 11) is 0. The van der Waals surface area contributed by atoms with E-state index in [1.165, 1.54) is 57.8 Å². The van der Waals surface area contributed by atoms with Crippen LogP contribution < -0.4 is 10.6 Å². The van der Waals surface area contributed by atoms with Crippen LogP contribution in [0.3, 0.4) is 0 Å². The van der Waals surface area contributed by atoms with Gasteiger partial charge in [-0.15, -0.1) is 10.2 Å². The number of aromatic nitrogens is 3. The van der Waals surface area contributed by atoms with Crippen LogP contribution in [0.4, 0.5) is 4.79 Å². The monoisotopic (exact) mass is 331 g/mol. The van der Waals surface area contributed by atoms with Gasteiger partial charge in [-0.25, -0.2) is 4.79 Å². The fraction of sp³-hybridized carbons (Fsp3) is 0.833. The van der Waals surface area contributed by atoms with E-state index >= 15 is 0 Å². The number of urea groups is 1. The Labute approximate surface area is 143 Å². The molecular formula is C18H29N5O. The lowest BCUT2D eigenvalue weighted by Gasteiger charge is -2.21. The van der Waals surface area contributed by atoms with Crippen molar-refractivity contribution in [2.45, 2.75) is 83.3 Å². The van der Waals surface area contributed by atoms with Crippen LogP contribution in [0.15, 0.2) is 0 Å². The molecule has 1 aromatic heterocycles. The minimum absolute atomic E-state index is 0.0516. The van der Waals surface area contributed by atoms with Crippen molar-refractivity contribution < 1.29 is 4.79 Å². The number of amides is 2. The van der Waals surface area contributed by atoms with Crippen molar-refractivity contribution in [1.29, 1.82) is 0 Å². The maximum Gasteiger partial charge on any atom is 0.315 e. The second-order valence-electron chi connectivity index (χ2n) is 7.73. The molecule has 2 N–H and O–H groups in total. The number of hydrogen-bond acceptors (Lipinski definition) is 3. The summed E-state index contributed by atoms with van der Waals surface area (Å²) in [5, 5.41) is 14.7. The second-order valence-corrected chi connectivity index (χ2v) is 7.73. The largest absolute Gasteiger partial charge is 0.335 e. The summed E-state index contributed by atoms with van der Waals surface area (Å²) in [5.74, 6) is 3.53. The van der Waals surface area contributed by atoms with Crippen LogP contribution >= 0.6 is 0 Å². The Balaban J connectivity index is 1.24. The van der Waals surface area contributed by atoms with Crippen molar-refractivity contribution >= 4 is 6.03 Å². The van der Waals surface area contributed by atoms with E-state index in [4.69, 9.17) is 0 Å². The van der Waals surface area contributed by atoms with Gasteiger partial charge < -0.3 is 15.2 Å². The Bertz CT molecular complexity index is 578. The smallest absolute Gasteiger partial charge is 0.315 e. The molecule has 132 valence electrons. The Kier molecular flexibility index (Phi) is 4.72. The Morgan fingerprint density at radius 3 is 2.79 bits per heavy atom. The van der Waals surface area contributed by atoms with E-state index in [-0.39, 0.29) is 6.03 Å². The Morgan fingerprint density at radius 1 is 1.08 bits per heavy atom. The number of nitrogens with zero attached hydrogens (tertiary/aromatic N) is 3. The maximum atomic E-state index is 12.2. The molecule has 0 unspecified atom stereocenters. The molecule has 6 heteroatoms. The maximum absolute atomic E-state index is 12.2. The first-order valence-corrected chi connectivity index (χ1v) is 9.76. The lowest BCUT2D eigenvalue weighted by atomic mass is 9.85. The topological polar surface area (TPSA) is 71.8 Å². The van der Waals surface area contributed by atoms with Crippen molar-refractivity contribution in [2.75, 3.05) is 0 Å². The number of aryl methyl sites for hydroxylation is 1. The Morgan fingerprint density at radius 2 is 1.92 bits per heavy atom. The summed E-state index contributed by atoms with van der Waals surface area (Å²) in [4.78, 5) is 12.2. The molecule has 3 aliphatic rings. The van der Waals surface area contributed by atoms with Gasteiger partial charge in [-0.2, -0.15) is 0 Å². The van der Waals surface area contributed by atoms with Gasteiger partial charge >= 0.3 is 6.03 Å². The molecule has 0 bridgehead atoms. The van der Waals surface area contributed by atoms with Gasteiger partial charge in [-0.3, -0.25) is 0 Å². The first-order valence-electron chi connectivity index (χ1n) is 9.76. The molecule has 2 heterocycles. The normalized spacial score (nSPS) is 27.2. The number of fused-ring (bicyclic) bond motifs is 1. The molecule has 2 fully saturated rings. The molecule has 0 radical (unpaired) electrons. The van der Waals surface area contributed by atoms with E-state index in [1.807, 2.05) is 0 Å². The van der Waals surface area contributed by atoms with E-state index in [9.17, 15) is 4.79 Å². The van der Waals surface area contributed by atoms with E-state index < -0.39 is 0 Å². The quantitative estimate of drug-likeness (QED) is 0.891. The van der Waals surface area contributed by atoms with E-state index in [0.29, 0.717) is 12.6 Å². The average molecular weight is 331 g/mol. The predicted octanol–water partition coefficient (Wildman–Crippen LogP) is 2.77. The van der Waals surface area contributed by atoms with Gasteiger partial charge in [0.25, 0.3) is 0 Å². The van der Waals surface area contributed by atoms with E-state index in [0.717, 1.165) is 36.5 Å². The number of carbonyl (C=O) groups is 1. The molecule has 2 saturated carbocycles. The van der Waals surface area contributed by atoms with E-state index in [2.05, 4.69) is 25.4 Å². The average Bonchev–Trinajstić information content (AvgIpc) is 3.32. The predicted molar refractivity (Wildman–Crippen MR) is 91.4 cm³/mol. The molecule has 0 saturated heterocycles. The molecule has 1 aliphatic heterocycles. The summed E-state index contributed by atoms with van der Waals surface area (Å²) >= 11 is 0. The lowest BCUT2D eigenvalue weighted by molar-refractivity contribution is 0.237. The minimum atomic E-state index is -0.0516. The molecule has 2 aliphatic carbocycles. The highest BCUT2D eigenvalue weighted by Gasteiger charge is 2.43. The highest BCUT2D eigenvalue weighted by atomic mass is 16.2. The van der Waals surface area contributed by atoms with Gasteiger partial charge in [0.2, 0.25) is 0 Å². The number of nitrogens with one attached hydrogen (secondary N) is 2. The van der Waals surface area contributed by atoms with Gasteiger partial charge in [0, 0.05) is 19.0 Å². The molecule has 2 amide bonds. The third kappa shape index (κ3) is 3.57. The van der Waals surface area contributed by atoms with Crippen LogP contribution in [-0.4, -0.2) is 26.8 Å². The van der Waals surface area contributed by atoms with Gasteiger partial charge in [-0.05, 0) is 31.1 Å². The molecule has 1 aromatic rings. The molecule has 4 rings (SSSR count). The highest BCUT2D eigenvalue weighted by molar-refractivity contribution is 5.74. The van der Waals surface area contributed by atoms with Gasteiger partial charge in [0.15, 0.2) is 5.82 Å². The second kappa shape index (κ2) is 7.11. The number of carbonyl (C=O) groups excluding carboxylic acids is 1. The van der Waals surface area contributed by atoms with Crippen LogP contribution in [0.25, 0.3) is 0 Å². The van der Waals surface area contributed by atoms with Gasteiger partial charge in [-0.1, -0.05) is 38.5 Å². The summed E-state index contributed by atoms with van der Waals surface area (Å²) in [6.45, 7) is 1.45. The van der Waals surface area contributed by atoms with Crippen molar-refractivity contribution in [2.24, 2.45) is 11.8 Å². The Hall–Kier alpha value is -1.59. The minimum Gasteiger partial charge on any atom is -0.335 e. The molecule has 6 nitrogen and oxygen atoms in total. The molecular weight excluding hydrogens is 302 g/mol. The van der Waals surface area contributed by atoms with Crippen molar-refractivity contribution in [3.8, 4) is 0 Å². The third-order valence-corrected chi connectivity index (χ3v) is 6.00. The molecule has 0 aromatic carbocycles. The van der Waals surface area contributed by atoms with Gasteiger partial charge in [0.1, 0.15) is 5.82 Å². The standard InChI is InChI=1S/C18H29N5O/c24-18(20-15-11-14(15)13-7-3-1-4-8-13)19-12-17-22-21-16-9-5-2-6-10-23(16)17/h13-15H,1-12H2,(H2,19,20,24)/t14-,15-/m0/s1. The highest BCUT2D eigenvalue weighted by Crippen LogP contribution is 2.44. The van der Waals surface area contributed by atoms with Crippen LogP contribution in [0.2, 0.25) is 0 Å². The van der Waals surface area contributed by atoms with Crippen molar-refractivity contribution in [3.05, 3.63) is 11.6 Å². The van der Waals surface area contributed by atoms with Gasteiger partial charge in [0.05, 0.1) is 6.54 Å². The van der Waals surface area contributed by atoms with Crippen LogP contribution in [0.1, 0.15) is 69.4 Å². The SMILES string of the molecule is O=C(NCc1nnc2n1CCCCC2)N[C@H]1C[C@H]1C1CCCCC1. The van der Waals surface area contributed by atoms with E-state index in [1.54, 1.807) is 0 Å². The summed E-state index contributed by atoms with van der Waals surface area (Å²) < 4.78 is 2.19. The fourth-order valence-corrected chi connectivity index (χ4v) is 4.52. The first-order chi connectivity index (χ1) is 11.8.